The zero-order valence-electron chi connectivity index (χ0n) is 10.1. The van der Waals surface area contributed by atoms with Crippen LogP contribution in [0.15, 0.2) is 18.2 Å². The lowest BCUT2D eigenvalue weighted by molar-refractivity contribution is -0.129. The Morgan fingerprint density at radius 1 is 1.05 bits per heavy atom. The molecule has 0 amide bonds. The average Bonchev–Trinajstić information content (AvgIpc) is 2.42. The molecule has 0 spiro atoms. The molecule has 0 aliphatic rings. The molecule has 0 atom stereocenters. The summed E-state index contributed by atoms with van der Waals surface area (Å²) in [6.45, 7) is -0.222. The van der Waals surface area contributed by atoms with Gasteiger partial charge in [-0.15, -0.1) is 0 Å². The number of benzene rings is 1. The van der Waals surface area contributed by atoms with Gasteiger partial charge in [-0.05, 0) is 18.2 Å². The number of hydrogen-bond donors (Lipinski definition) is 2. The normalized spacial score (nSPS) is 9.60. The van der Waals surface area contributed by atoms with Crippen LogP contribution in [-0.2, 0) is 14.3 Å². The van der Waals surface area contributed by atoms with E-state index in [0.717, 1.165) is 18.2 Å². The zero-order chi connectivity index (χ0) is 15.1. The van der Waals surface area contributed by atoms with Gasteiger partial charge >= 0.3 is 17.9 Å². The van der Waals surface area contributed by atoms with Crippen LogP contribution < -0.4 is 0 Å². The second-order valence-electron chi connectivity index (χ2n) is 3.47. The highest BCUT2D eigenvalue weighted by Gasteiger charge is 2.20. The van der Waals surface area contributed by atoms with Crippen molar-refractivity contribution in [1.82, 2.24) is 0 Å². The Labute approximate surface area is 112 Å². The van der Waals surface area contributed by atoms with Crippen LogP contribution >= 0.6 is 0 Å². The number of rotatable bonds is 7. The van der Waals surface area contributed by atoms with Crippen molar-refractivity contribution in [3.05, 3.63) is 34.9 Å². The Kier molecular flexibility index (Phi) is 5.21. The highest BCUT2D eigenvalue weighted by atomic mass is 16.6. The number of esters is 1. The molecule has 2 N–H and O–H groups in total. The van der Waals surface area contributed by atoms with E-state index >= 15 is 0 Å². The number of carbonyl (C=O) groups is 4. The molecule has 1 aromatic carbocycles. The molecule has 1 rings (SSSR count). The van der Waals surface area contributed by atoms with Crippen LogP contribution in [0.4, 0.5) is 0 Å². The number of carboxylic acids is 2. The first-order valence-electron chi connectivity index (χ1n) is 5.30. The van der Waals surface area contributed by atoms with Crippen molar-refractivity contribution in [3.63, 3.8) is 0 Å². The molecule has 8 heteroatoms. The quantitative estimate of drug-likeness (QED) is 0.418. The molecule has 0 saturated heterocycles. The summed E-state index contributed by atoms with van der Waals surface area (Å²) >= 11 is 0. The van der Waals surface area contributed by atoms with E-state index in [4.69, 9.17) is 10.2 Å². The van der Waals surface area contributed by atoms with Crippen LogP contribution in [0, 0.1) is 0 Å². The summed E-state index contributed by atoms with van der Waals surface area (Å²) in [5.74, 6) is -3.72. The van der Waals surface area contributed by atoms with E-state index in [9.17, 15) is 19.2 Å². The van der Waals surface area contributed by atoms with Gasteiger partial charge < -0.3 is 19.7 Å². The van der Waals surface area contributed by atoms with Gasteiger partial charge in [0.1, 0.15) is 13.2 Å². The van der Waals surface area contributed by atoms with Gasteiger partial charge in [0, 0.05) is 0 Å². The van der Waals surface area contributed by atoms with E-state index in [0.29, 0.717) is 0 Å². The largest absolute Gasteiger partial charge is 0.478 e. The maximum absolute atomic E-state index is 11.6. The molecule has 1 aromatic rings. The topological polar surface area (TPSA) is 127 Å². The molecule has 8 nitrogen and oxygen atoms in total. The van der Waals surface area contributed by atoms with Crippen molar-refractivity contribution in [2.24, 2.45) is 0 Å². The minimum atomic E-state index is -1.45. The number of carbonyl (C=O) groups excluding carboxylic acids is 2. The molecule has 0 aliphatic heterocycles. The lowest BCUT2D eigenvalue weighted by atomic mass is 10.0. The van der Waals surface area contributed by atoms with E-state index in [1.807, 2.05) is 0 Å². The SMILES string of the molecule is O=COCCOC(=O)c1ccc(C(=O)O)cc1C(=O)O. The summed E-state index contributed by atoms with van der Waals surface area (Å²) in [6.07, 6.45) is 0. The second-order valence-corrected chi connectivity index (χ2v) is 3.47. The zero-order valence-corrected chi connectivity index (χ0v) is 10.1. The maximum atomic E-state index is 11.6. The Balaban J connectivity index is 2.93. The van der Waals surface area contributed by atoms with Crippen molar-refractivity contribution in [2.45, 2.75) is 0 Å². The molecule has 0 fully saturated rings. The summed E-state index contributed by atoms with van der Waals surface area (Å²) in [4.78, 5) is 43.3. The molecule has 0 bridgehead atoms. The third kappa shape index (κ3) is 3.80. The Bertz CT molecular complexity index is 548. The summed E-state index contributed by atoms with van der Waals surface area (Å²) in [5, 5.41) is 17.7. The molecule has 20 heavy (non-hydrogen) atoms. The van der Waals surface area contributed by atoms with Gasteiger partial charge in [-0.1, -0.05) is 0 Å². The van der Waals surface area contributed by atoms with Gasteiger partial charge in [0.2, 0.25) is 0 Å². The molecule has 0 aromatic heterocycles. The van der Waals surface area contributed by atoms with Gasteiger partial charge in [0.25, 0.3) is 6.47 Å². The number of ether oxygens (including phenoxy) is 2. The molecule has 0 saturated carbocycles. The summed E-state index contributed by atoms with van der Waals surface area (Å²) in [7, 11) is 0. The van der Waals surface area contributed by atoms with E-state index < -0.39 is 23.5 Å². The summed E-state index contributed by atoms with van der Waals surface area (Å²) < 4.78 is 8.98. The highest BCUT2D eigenvalue weighted by Crippen LogP contribution is 2.14. The third-order valence-electron chi connectivity index (χ3n) is 2.22. The number of aromatic carboxylic acids is 2. The number of hydrogen-bond acceptors (Lipinski definition) is 6. The van der Waals surface area contributed by atoms with Gasteiger partial charge in [-0.25, -0.2) is 14.4 Å². The Morgan fingerprint density at radius 3 is 2.30 bits per heavy atom. The average molecular weight is 282 g/mol. The molecule has 0 aliphatic carbocycles. The predicted octanol–water partition coefficient (Wildman–Crippen LogP) is 0.413. The monoisotopic (exact) mass is 282 g/mol. The molecular weight excluding hydrogens is 272 g/mol. The van der Waals surface area contributed by atoms with Crippen molar-refractivity contribution >= 4 is 24.4 Å². The van der Waals surface area contributed by atoms with Crippen LogP contribution in [-0.4, -0.2) is 47.8 Å². The fourth-order valence-electron chi connectivity index (χ4n) is 1.34. The molecule has 0 unspecified atom stereocenters. The standard InChI is InChI=1S/C12H10O8/c13-6-19-3-4-20-12(18)8-2-1-7(10(14)15)5-9(8)11(16)17/h1-2,5-6H,3-4H2,(H,14,15)(H,16,17). The fourth-order valence-corrected chi connectivity index (χ4v) is 1.34. The minimum Gasteiger partial charge on any atom is -0.478 e. The van der Waals surface area contributed by atoms with Crippen LogP contribution in [0.25, 0.3) is 0 Å². The first-order valence-corrected chi connectivity index (χ1v) is 5.30. The third-order valence-corrected chi connectivity index (χ3v) is 2.22. The molecule has 106 valence electrons. The summed E-state index contributed by atoms with van der Waals surface area (Å²) in [6, 6.07) is 3.01. The maximum Gasteiger partial charge on any atom is 0.339 e. The number of carboxylic acid groups (broad SMARTS) is 2. The van der Waals surface area contributed by atoms with Crippen molar-refractivity contribution in [2.75, 3.05) is 13.2 Å². The lowest BCUT2D eigenvalue weighted by Crippen LogP contribution is -2.15. The van der Waals surface area contributed by atoms with Crippen molar-refractivity contribution in [3.8, 4) is 0 Å². The predicted molar refractivity (Wildman–Crippen MR) is 62.7 cm³/mol. The minimum absolute atomic E-state index is 0.162. The Morgan fingerprint density at radius 2 is 1.75 bits per heavy atom. The first-order chi connectivity index (χ1) is 9.47. The smallest absolute Gasteiger partial charge is 0.339 e. The molecule has 0 radical (unpaired) electrons. The van der Waals surface area contributed by atoms with Gasteiger partial charge in [0.05, 0.1) is 16.7 Å². The molecular formula is C12H10O8. The van der Waals surface area contributed by atoms with E-state index in [1.165, 1.54) is 0 Å². The van der Waals surface area contributed by atoms with Gasteiger partial charge in [0.15, 0.2) is 0 Å². The van der Waals surface area contributed by atoms with Crippen LogP contribution in [0.5, 0.6) is 0 Å². The Hall–Kier alpha value is -2.90. The van der Waals surface area contributed by atoms with Gasteiger partial charge in [-0.2, -0.15) is 0 Å². The van der Waals surface area contributed by atoms with Crippen LogP contribution in [0.1, 0.15) is 31.1 Å². The lowest BCUT2D eigenvalue weighted by Gasteiger charge is -2.07. The van der Waals surface area contributed by atoms with E-state index in [-0.39, 0.29) is 30.8 Å². The van der Waals surface area contributed by atoms with Gasteiger partial charge in [-0.3, -0.25) is 4.79 Å². The fraction of sp³-hybridized carbons (Fsp3) is 0.167. The highest BCUT2D eigenvalue weighted by molar-refractivity contribution is 6.04. The van der Waals surface area contributed by atoms with Crippen LogP contribution in [0.3, 0.4) is 0 Å². The van der Waals surface area contributed by atoms with Crippen LogP contribution in [0.2, 0.25) is 0 Å². The molecule has 0 heterocycles. The van der Waals surface area contributed by atoms with E-state index in [2.05, 4.69) is 9.47 Å². The van der Waals surface area contributed by atoms with Crippen molar-refractivity contribution < 1.29 is 38.9 Å². The van der Waals surface area contributed by atoms with E-state index in [1.54, 1.807) is 0 Å². The first kappa shape index (κ1) is 15.2. The second kappa shape index (κ2) is 6.88. The van der Waals surface area contributed by atoms with Crippen molar-refractivity contribution in [1.29, 1.82) is 0 Å². The summed E-state index contributed by atoms with van der Waals surface area (Å²) in [5.41, 5.74) is -1.02.